The molecule has 3 unspecified atom stereocenters. The van der Waals surface area contributed by atoms with Crippen LogP contribution in [-0.4, -0.2) is 33.7 Å². The van der Waals surface area contributed by atoms with Crippen LogP contribution in [0.2, 0.25) is 0 Å². The lowest BCUT2D eigenvalue weighted by Gasteiger charge is -2.13. The number of Topliss-reactive ketones (excluding diaryl/α,β-unsaturated/α-hetero) is 1. The van der Waals surface area contributed by atoms with Gasteiger partial charge < -0.3 is 4.74 Å². The summed E-state index contributed by atoms with van der Waals surface area (Å²) < 4.78 is 17.6. The van der Waals surface area contributed by atoms with E-state index in [1.165, 1.54) is 5.56 Å². The minimum atomic E-state index is -1.14. The third-order valence-electron chi connectivity index (χ3n) is 3.82. The van der Waals surface area contributed by atoms with E-state index in [4.69, 9.17) is 4.74 Å². The van der Waals surface area contributed by atoms with E-state index >= 15 is 0 Å². The van der Waals surface area contributed by atoms with Crippen LogP contribution in [0, 0.1) is 0 Å². The first-order valence-corrected chi connectivity index (χ1v) is 8.49. The second-order valence-corrected chi connectivity index (χ2v) is 7.28. The zero-order valence-corrected chi connectivity index (χ0v) is 13.1. The molecule has 0 aromatic heterocycles. The molecular weight excluding hydrogens is 272 g/mol. The van der Waals surface area contributed by atoms with Crippen LogP contribution in [-0.2, 0) is 15.5 Å². The zero-order chi connectivity index (χ0) is 14.7. The topological polar surface area (TPSA) is 43.4 Å². The summed E-state index contributed by atoms with van der Waals surface area (Å²) in [7, 11) is -1.14. The molecule has 0 bridgehead atoms. The van der Waals surface area contributed by atoms with Crippen LogP contribution in [0.4, 0.5) is 0 Å². The van der Waals surface area contributed by atoms with Gasteiger partial charge in [0.15, 0.2) is 5.78 Å². The van der Waals surface area contributed by atoms with Crippen LogP contribution in [0.5, 0.6) is 0 Å². The first-order valence-electron chi connectivity index (χ1n) is 7.11. The van der Waals surface area contributed by atoms with E-state index in [1.807, 2.05) is 31.2 Å². The highest BCUT2D eigenvalue weighted by Crippen LogP contribution is 2.20. The van der Waals surface area contributed by atoms with Gasteiger partial charge in [-0.3, -0.25) is 9.00 Å². The first-order chi connectivity index (χ1) is 9.49. The molecule has 1 aromatic carbocycles. The molecule has 3 atom stereocenters. The molecule has 0 saturated carbocycles. The average molecular weight is 294 g/mol. The molecule has 0 N–H and O–H groups in total. The Bertz CT molecular complexity index is 493. The highest BCUT2D eigenvalue weighted by Gasteiger charge is 2.30. The van der Waals surface area contributed by atoms with Crippen molar-refractivity contribution in [2.75, 3.05) is 12.4 Å². The largest absolute Gasteiger partial charge is 0.377 e. The van der Waals surface area contributed by atoms with Gasteiger partial charge in [0.1, 0.15) is 0 Å². The summed E-state index contributed by atoms with van der Waals surface area (Å²) in [6, 6.07) is 7.62. The summed E-state index contributed by atoms with van der Waals surface area (Å²) in [6.45, 7) is 6.81. The molecule has 0 amide bonds. The summed E-state index contributed by atoms with van der Waals surface area (Å²) in [6.07, 6.45) is 0.778. The Kier molecular flexibility index (Phi) is 5.11. The second kappa shape index (κ2) is 6.64. The standard InChI is InChI=1S/C16H22O3S/c1-11(2)13-4-6-14(7-5-13)15(17)10-20(18)16-8-9-19-12(16)3/h4-7,11-12,16H,8-10H2,1-3H3. The van der Waals surface area contributed by atoms with Gasteiger partial charge in [-0.15, -0.1) is 0 Å². The van der Waals surface area contributed by atoms with Gasteiger partial charge in [-0.2, -0.15) is 0 Å². The molecule has 0 aliphatic carbocycles. The lowest BCUT2D eigenvalue weighted by molar-refractivity contribution is 0.102. The fraction of sp³-hybridized carbons (Fsp3) is 0.562. The minimum Gasteiger partial charge on any atom is -0.377 e. The predicted molar refractivity (Wildman–Crippen MR) is 81.7 cm³/mol. The molecule has 20 heavy (non-hydrogen) atoms. The van der Waals surface area contributed by atoms with Gasteiger partial charge in [-0.25, -0.2) is 0 Å². The minimum absolute atomic E-state index is 0.00566. The molecule has 1 heterocycles. The van der Waals surface area contributed by atoms with E-state index in [2.05, 4.69) is 13.8 Å². The molecule has 1 aromatic rings. The number of carbonyl (C=O) groups is 1. The van der Waals surface area contributed by atoms with Crippen molar-refractivity contribution in [3.8, 4) is 0 Å². The maximum atomic E-state index is 12.2. The number of ketones is 1. The van der Waals surface area contributed by atoms with Crippen LogP contribution in [0.3, 0.4) is 0 Å². The second-order valence-electron chi connectivity index (χ2n) is 5.63. The Morgan fingerprint density at radius 2 is 2.00 bits per heavy atom. The third-order valence-corrected chi connectivity index (χ3v) is 5.66. The maximum absolute atomic E-state index is 12.2. The van der Waals surface area contributed by atoms with E-state index in [-0.39, 0.29) is 22.9 Å². The Balaban J connectivity index is 1.99. The van der Waals surface area contributed by atoms with Gasteiger partial charge in [0, 0.05) is 23.0 Å². The Hall–Kier alpha value is -1.00. The number of hydrogen-bond donors (Lipinski definition) is 0. The van der Waals surface area contributed by atoms with Gasteiger partial charge in [0.25, 0.3) is 0 Å². The van der Waals surface area contributed by atoms with Crippen molar-refractivity contribution < 1.29 is 13.7 Å². The number of ether oxygens (including phenoxy) is 1. The monoisotopic (exact) mass is 294 g/mol. The summed E-state index contributed by atoms with van der Waals surface area (Å²) >= 11 is 0. The smallest absolute Gasteiger partial charge is 0.175 e. The van der Waals surface area contributed by atoms with Gasteiger partial charge in [-0.1, -0.05) is 38.1 Å². The first kappa shape index (κ1) is 15.4. The van der Waals surface area contributed by atoms with Crippen molar-refractivity contribution in [3.05, 3.63) is 35.4 Å². The zero-order valence-electron chi connectivity index (χ0n) is 12.3. The highest BCUT2D eigenvalue weighted by atomic mass is 32.2. The molecule has 1 aliphatic rings. The molecule has 1 fully saturated rings. The Morgan fingerprint density at radius 3 is 2.50 bits per heavy atom. The molecule has 1 saturated heterocycles. The maximum Gasteiger partial charge on any atom is 0.175 e. The van der Waals surface area contributed by atoms with Crippen molar-refractivity contribution in [1.82, 2.24) is 0 Å². The number of rotatable bonds is 5. The summed E-state index contributed by atoms with van der Waals surface area (Å²) in [5.74, 6) is 0.502. The van der Waals surface area contributed by atoms with Crippen molar-refractivity contribution in [2.24, 2.45) is 0 Å². The number of carbonyl (C=O) groups excluding carboxylic acids is 1. The molecule has 2 rings (SSSR count). The molecule has 0 spiro atoms. The van der Waals surface area contributed by atoms with E-state index in [0.29, 0.717) is 18.1 Å². The van der Waals surface area contributed by atoms with Crippen LogP contribution in [0.15, 0.2) is 24.3 Å². The molecule has 4 heteroatoms. The van der Waals surface area contributed by atoms with Crippen molar-refractivity contribution in [2.45, 2.75) is 44.5 Å². The highest BCUT2D eigenvalue weighted by molar-refractivity contribution is 7.86. The third kappa shape index (κ3) is 3.55. The molecular formula is C16H22O3S. The number of benzene rings is 1. The van der Waals surface area contributed by atoms with Crippen LogP contribution in [0.25, 0.3) is 0 Å². The Morgan fingerprint density at radius 1 is 1.35 bits per heavy atom. The molecule has 3 nitrogen and oxygen atoms in total. The molecule has 1 aliphatic heterocycles. The fourth-order valence-corrected chi connectivity index (χ4v) is 3.94. The summed E-state index contributed by atoms with van der Waals surface area (Å²) in [5.41, 5.74) is 1.86. The van der Waals surface area contributed by atoms with Crippen LogP contribution >= 0.6 is 0 Å². The van der Waals surface area contributed by atoms with E-state index in [9.17, 15) is 9.00 Å². The van der Waals surface area contributed by atoms with Crippen molar-refractivity contribution >= 4 is 16.6 Å². The van der Waals surface area contributed by atoms with Gasteiger partial charge in [-0.05, 0) is 24.8 Å². The average Bonchev–Trinajstić information content (AvgIpc) is 2.85. The van der Waals surface area contributed by atoms with Crippen LogP contribution in [0.1, 0.15) is 49.0 Å². The normalized spacial score (nSPS) is 24.0. The van der Waals surface area contributed by atoms with Crippen molar-refractivity contribution in [3.63, 3.8) is 0 Å². The van der Waals surface area contributed by atoms with Gasteiger partial charge in [0.2, 0.25) is 0 Å². The summed E-state index contributed by atoms with van der Waals surface area (Å²) in [5, 5.41) is -0.00566. The quantitative estimate of drug-likeness (QED) is 0.784. The predicted octanol–water partition coefficient (Wildman–Crippen LogP) is 2.92. The fourth-order valence-electron chi connectivity index (χ4n) is 2.43. The van der Waals surface area contributed by atoms with Crippen molar-refractivity contribution in [1.29, 1.82) is 0 Å². The molecule has 110 valence electrons. The van der Waals surface area contributed by atoms with Crippen LogP contribution < -0.4 is 0 Å². The van der Waals surface area contributed by atoms with E-state index in [0.717, 1.165) is 6.42 Å². The van der Waals surface area contributed by atoms with E-state index in [1.54, 1.807) is 0 Å². The van der Waals surface area contributed by atoms with Gasteiger partial charge in [0.05, 0.1) is 17.1 Å². The summed E-state index contributed by atoms with van der Waals surface area (Å²) in [4.78, 5) is 12.2. The number of hydrogen-bond acceptors (Lipinski definition) is 3. The lowest BCUT2D eigenvalue weighted by atomic mass is 10.0. The van der Waals surface area contributed by atoms with E-state index < -0.39 is 10.8 Å². The van der Waals surface area contributed by atoms with Gasteiger partial charge >= 0.3 is 0 Å². The molecule has 0 radical (unpaired) electrons. The SMILES string of the molecule is CC(C)c1ccc(C(=O)CS(=O)C2CCOC2C)cc1. The lowest BCUT2D eigenvalue weighted by Crippen LogP contribution is -2.27. The Labute approximate surface area is 123 Å².